The van der Waals surface area contributed by atoms with Gasteiger partial charge in [-0.15, -0.1) is 0 Å². The largest absolute Gasteiger partial charge is 0.378 e. The Bertz CT molecular complexity index is 330. The highest BCUT2D eigenvalue weighted by atomic mass is 19.1. The molecule has 1 aliphatic heterocycles. The lowest BCUT2D eigenvalue weighted by molar-refractivity contribution is 0.0318. The quantitative estimate of drug-likeness (QED) is 0.847. The van der Waals surface area contributed by atoms with E-state index in [1.165, 1.54) is 17.7 Å². The zero-order valence-corrected chi connectivity index (χ0v) is 9.63. The number of hydrogen-bond donors (Lipinski definition) is 1. The van der Waals surface area contributed by atoms with Crippen LogP contribution in [0.1, 0.15) is 18.9 Å². The first kappa shape index (κ1) is 11.6. The lowest BCUT2D eigenvalue weighted by Crippen LogP contribution is -2.52. The van der Waals surface area contributed by atoms with Crippen LogP contribution in [0.25, 0.3) is 0 Å². The predicted molar refractivity (Wildman–Crippen MR) is 61.9 cm³/mol. The Morgan fingerprint density at radius 2 is 2.12 bits per heavy atom. The van der Waals surface area contributed by atoms with Crippen LogP contribution < -0.4 is 5.32 Å². The van der Waals surface area contributed by atoms with Crippen molar-refractivity contribution in [2.24, 2.45) is 0 Å². The second kappa shape index (κ2) is 4.93. The molecular weight excluding hydrogens is 205 g/mol. The van der Waals surface area contributed by atoms with E-state index in [0.717, 1.165) is 32.6 Å². The predicted octanol–water partition coefficient (Wildman–Crippen LogP) is 2.14. The van der Waals surface area contributed by atoms with Gasteiger partial charge in [0.2, 0.25) is 0 Å². The fourth-order valence-corrected chi connectivity index (χ4v) is 2.01. The molecule has 0 saturated carbocycles. The van der Waals surface area contributed by atoms with Gasteiger partial charge in [0, 0.05) is 12.1 Å². The van der Waals surface area contributed by atoms with E-state index in [0.29, 0.717) is 0 Å². The third-order valence-corrected chi connectivity index (χ3v) is 3.10. The fourth-order valence-electron chi connectivity index (χ4n) is 2.01. The van der Waals surface area contributed by atoms with E-state index in [1.807, 2.05) is 12.1 Å². The summed E-state index contributed by atoms with van der Waals surface area (Å²) in [6, 6.07) is 6.73. The van der Waals surface area contributed by atoms with Crippen molar-refractivity contribution in [2.45, 2.75) is 25.3 Å². The minimum atomic E-state index is -0.172. The van der Waals surface area contributed by atoms with E-state index in [2.05, 4.69) is 12.2 Å². The van der Waals surface area contributed by atoms with Crippen molar-refractivity contribution in [2.75, 3.05) is 19.8 Å². The van der Waals surface area contributed by atoms with E-state index < -0.39 is 0 Å². The molecule has 0 radical (unpaired) electrons. The van der Waals surface area contributed by atoms with Gasteiger partial charge < -0.3 is 10.1 Å². The number of rotatable bonds is 3. The van der Waals surface area contributed by atoms with Crippen molar-refractivity contribution in [3.8, 4) is 0 Å². The Balaban J connectivity index is 1.88. The van der Waals surface area contributed by atoms with Crippen LogP contribution in [0.15, 0.2) is 24.3 Å². The lowest BCUT2D eigenvalue weighted by atomic mass is 9.93. The summed E-state index contributed by atoms with van der Waals surface area (Å²) in [6.07, 6.45) is 1.96. The summed E-state index contributed by atoms with van der Waals surface area (Å²) in [5, 5.41) is 3.48. The first-order valence-electron chi connectivity index (χ1n) is 5.75. The number of benzene rings is 1. The van der Waals surface area contributed by atoms with Crippen molar-refractivity contribution in [3.63, 3.8) is 0 Å². The smallest absolute Gasteiger partial charge is 0.123 e. The highest BCUT2D eigenvalue weighted by Gasteiger charge is 2.26. The van der Waals surface area contributed by atoms with E-state index in [9.17, 15) is 4.39 Å². The molecule has 2 rings (SSSR count). The molecule has 0 amide bonds. The normalized spacial score (nSPS) is 25.6. The maximum Gasteiger partial charge on any atom is 0.123 e. The van der Waals surface area contributed by atoms with E-state index in [-0.39, 0.29) is 11.4 Å². The second-order valence-corrected chi connectivity index (χ2v) is 4.67. The summed E-state index contributed by atoms with van der Waals surface area (Å²) < 4.78 is 18.2. The first-order chi connectivity index (χ1) is 7.68. The highest BCUT2D eigenvalue weighted by Crippen LogP contribution is 2.17. The molecule has 1 aromatic rings. The third-order valence-electron chi connectivity index (χ3n) is 3.10. The highest BCUT2D eigenvalue weighted by molar-refractivity contribution is 5.16. The van der Waals surface area contributed by atoms with Gasteiger partial charge in [-0.1, -0.05) is 12.1 Å². The van der Waals surface area contributed by atoms with Crippen molar-refractivity contribution in [1.29, 1.82) is 0 Å². The van der Waals surface area contributed by atoms with Gasteiger partial charge in [-0.3, -0.25) is 0 Å². The van der Waals surface area contributed by atoms with E-state index >= 15 is 0 Å². The van der Waals surface area contributed by atoms with Crippen LogP contribution in [0.3, 0.4) is 0 Å². The van der Waals surface area contributed by atoms with E-state index in [1.54, 1.807) is 0 Å². The topological polar surface area (TPSA) is 21.3 Å². The molecule has 0 spiro atoms. The zero-order chi connectivity index (χ0) is 11.4. The Kier molecular flexibility index (Phi) is 3.56. The van der Waals surface area contributed by atoms with Crippen LogP contribution in [0.5, 0.6) is 0 Å². The van der Waals surface area contributed by atoms with Crippen molar-refractivity contribution in [3.05, 3.63) is 35.6 Å². The van der Waals surface area contributed by atoms with Gasteiger partial charge in [0.05, 0.1) is 13.2 Å². The summed E-state index contributed by atoms with van der Waals surface area (Å²) in [7, 11) is 0. The molecule has 16 heavy (non-hydrogen) atoms. The Morgan fingerprint density at radius 1 is 1.38 bits per heavy atom. The molecule has 3 heteroatoms. The molecule has 1 aromatic carbocycles. The summed E-state index contributed by atoms with van der Waals surface area (Å²) in [6.45, 7) is 4.65. The molecular formula is C13H18FNO. The van der Waals surface area contributed by atoms with Gasteiger partial charge in [0.1, 0.15) is 5.82 Å². The monoisotopic (exact) mass is 223 g/mol. The molecule has 1 heterocycles. The SMILES string of the molecule is CC1(CCc2ccc(F)cc2)COCCN1. The van der Waals surface area contributed by atoms with Crippen LogP contribution in [0, 0.1) is 5.82 Å². The molecule has 1 fully saturated rings. The molecule has 1 N–H and O–H groups in total. The average molecular weight is 223 g/mol. The molecule has 1 saturated heterocycles. The lowest BCUT2D eigenvalue weighted by Gasteiger charge is -2.34. The number of aryl methyl sites for hydroxylation is 1. The molecule has 1 unspecified atom stereocenters. The molecule has 2 nitrogen and oxygen atoms in total. The van der Waals surface area contributed by atoms with Crippen LogP contribution in [0.2, 0.25) is 0 Å². The Morgan fingerprint density at radius 3 is 2.75 bits per heavy atom. The first-order valence-corrected chi connectivity index (χ1v) is 5.75. The number of nitrogens with one attached hydrogen (secondary N) is 1. The summed E-state index contributed by atoms with van der Waals surface area (Å²) in [5.41, 5.74) is 1.24. The van der Waals surface area contributed by atoms with Gasteiger partial charge >= 0.3 is 0 Å². The third kappa shape index (κ3) is 3.03. The fraction of sp³-hybridized carbons (Fsp3) is 0.538. The average Bonchev–Trinajstić information content (AvgIpc) is 2.29. The van der Waals surface area contributed by atoms with E-state index in [4.69, 9.17) is 4.74 Å². The van der Waals surface area contributed by atoms with Gasteiger partial charge in [-0.2, -0.15) is 0 Å². The molecule has 0 aromatic heterocycles. The van der Waals surface area contributed by atoms with Crippen LogP contribution in [-0.4, -0.2) is 25.3 Å². The maximum absolute atomic E-state index is 12.7. The minimum absolute atomic E-state index is 0.0621. The maximum atomic E-state index is 12.7. The number of morpholine rings is 1. The molecule has 1 atom stereocenters. The van der Waals surface area contributed by atoms with Crippen LogP contribution >= 0.6 is 0 Å². The summed E-state index contributed by atoms with van der Waals surface area (Å²) in [5.74, 6) is -0.172. The number of halogens is 1. The van der Waals surface area contributed by atoms with Gasteiger partial charge in [0.15, 0.2) is 0 Å². The number of hydrogen-bond acceptors (Lipinski definition) is 2. The standard InChI is InChI=1S/C13H18FNO/c1-13(10-16-9-8-15-13)7-6-11-2-4-12(14)5-3-11/h2-5,15H,6-10H2,1H3. The second-order valence-electron chi connectivity index (χ2n) is 4.67. The van der Waals surface area contributed by atoms with Gasteiger partial charge in [0.25, 0.3) is 0 Å². The minimum Gasteiger partial charge on any atom is -0.378 e. The molecule has 1 aliphatic rings. The molecule has 88 valence electrons. The van der Waals surface area contributed by atoms with Crippen LogP contribution in [0.4, 0.5) is 4.39 Å². The van der Waals surface area contributed by atoms with Crippen LogP contribution in [-0.2, 0) is 11.2 Å². The Labute approximate surface area is 95.8 Å². The Hall–Kier alpha value is -0.930. The van der Waals surface area contributed by atoms with Crippen molar-refractivity contribution < 1.29 is 9.13 Å². The zero-order valence-electron chi connectivity index (χ0n) is 9.63. The van der Waals surface area contributed by atoms with Crippen molar-refractivity contribution in [1.82, 2.24) is 5.32 Å². The summed E-state index contributed by atoms with van der Waals surface area (Å²) in [4.78, 5) is 0. The van der Waals surface area contributed by atoms with Gasteiger partial charge in [-0.25, -0.2) is 4.39 Å². The van der Waals surface area contributed by atoms with Gasteiger partial charge in [-0.05, 0) is 37.5 Å². The van der Waals surface area contributed by atoms with Crippen molar-refractivity contribution >= 4 is 0 Å². The summed E-state index contributed by atoms with van der Waals surface area (Å²) >= 11 is 0. The molecule has 0 bridgehead atoms. The molecule has 0 aliphatic carbocycles. The number of ether oxygens (including phenoxy) is 1.